The Labute approximate surface area is 152 Å². The van der Waals surface area contributed by atoms with E-state index in [1.165, 1.54) is 4.90 Å². The molecule has 5 heteroatoms. The first-order valence-electron chi connectivity index (χ1n) is 8.26. The first-order chi connectivity index (χ1) is 12.1. The summed E-state index contributed by atoms with van der Waals surface area (Å²) in [6, 6.07) is 17.3. The lowest BCUT2D eigenvalue weighted by atomic mass is 10.2. The molecule has 2 unspecified atom stereocenters. The molecule has 3 rings (SSSR count). The van der Waals surface area contributed by atoms with Crippen LogP contribution >= 0.6 is 11.8 Å². The summed E-state index contributed by atoms with van der Waals surface area (Å²) in [5.41, 5.74) is 1.66. The van der Waals surface area contributed by atoms with E-state index in [-0.39, 0.29) is 18.0 Å². The lowest BCUT2D eigenvalue weighted by molar-refractivity contribution is -0.118. The molecule has 4 nitrogen and oxygen atoms in total. The second-order valence-electron chi connectivity index (χ2n) is 6.01. The molecule has 3 aromatic rings. The molecular formula is C20H22N2O2S. The fraction of sp³-hybridized carbons (Fsp3) is 0.250. The molecular weight excluding hydrogens is 332 g/mol. The summed E-state index contributed by atoms with van der Waals surface area (Å²) in [5, 5.41) is 7.29. The number of carbonyl (C=O) groups excluding carboxylic acids is 1. The summed E-state index contributed by atoms with van der Waals surface area (Å²) < 4.78 is 5.86. The summed E-state index contributed by atoms with van der Waals surface area (Å²) in [7, 11) is 0. The van der Waals surface area contributed by atoms with Crippen molar-refractivity contribution in [2.24, 2.45) is 0 Å². The standard InChI is InChI=1S/C20H22N2O2S/c1-13(19-12-15-6-4-5-7-18(15)24-19)21-14(2)20(23)22-16-8-10-17(25-3)11-9-16/h4-14,21H,1-3H3,(H,22,23). The summed E-state index contributed by atoms with van der Waals surface area (Å²) in [6.45, 7) is 3.85. The first kappa shape index (κ1) is 17.6. The second-order valence-corrected chi connectivity index (χ2v) is 6.89. The van der Waals surface area contributed by atoms with E-state index in [2.05, 4.69) is 10.6 Å². The number of hydrogen-bond acceptors (Lipinski definition) is 4. The van der Waals surface area contributed by atoms with E-state index in [4.69, 9.17) is 4.42 Å². The summed E-state index contributed by atoms with van der Waals surface area (Å²) in [5.74, 6) is 0.755. The molecule has 0 saturated carbocycles. The number of amides is 1. The van der Waals surface area contributed by atoms with E-state index < -0.39 is 0 Å². The van der Waals surface area contributed by atoms with Gasteiger partial charge in [-0.05, 0) is 56.5 Å². The molecule has 0 fully saturated rings. The number of furan rings is 1. The zero-order valence-electron chi connectivity index (χ0n) is 14.6. The predicted octanol–water partition coefficient (Wildman–Crippen LogP) is 4.83. The number of para-hydroxylation sites is 1. The Morgan fingerprint density at radius 2 is 1.80 bits per heavy atom. The topological polar surface area (TPSA) is 54.3 Å². The van der Waals surface area contributed by atoms with Crippen LogP contribution in [0.2, 0.25) is 0 Å². The van der Waals surface area contributed by atoms with Gasteiger partial charge in [0.1, 0.15) is 11.3 Å². The Morgan fingerprint density at radius 1 is 1.08 bits per heavy atom. The number of anilines is 1. The molecule has 0 radical (unpaired) electrons. The van der Waals surface area contributed by atoms with Crippen molar-refractivity contribution in [3.05, 3.63) is 60.4 Å². The number of nitrogens with one attached hydrogen (secondary N) is 2. The normalized spacial score (nSPS) is 13.6. The predicted molar refractivity (Wildman–Crippen MR) is 104 cm³/mol. The fourth-order valence-electron chi connectivity index (χ4n) is 2.67. The van der Waals surface area contributed by atoms with Crippen molar-refractivity contribution in [3.63, 3.8) is 0 Å². The number of thioether (sulfide) groups is 1. The maximum atomic E-state index is 12.4. The number of carbonyl (C=O) groups is 1. The van der Waals surface area contributed by atoms with Gasteiger partial charge in [-0.25, -0.2) is 0 Å². The third-order valence-corrected chi connectivity index (χ3v) is 4.87. The van der Waals surface area contributed by atoms with Crippen molar-refractivity contribution < 1.29 is 9.21 Å². The van der Waals surface area contributed by atoms with Crippen molar-refractivity contribution in [2.45, 2.75) is 30.8 Å². The van der Waals surface area contributed by atoms with Gasteiger partial charge in [-0.15, -0.1) is 11.8 Å². The van der Waals surface area contributed by atoms with Crippen molar-refractivity contribution in [1.29, 1.82) is 0 Å². The maximum absolute atomic E-state index is 12.4. The Morgan fingerprint density at radius 3 is 2.48 bits per heavy atom. The fourth-order valence-corrected chi connectivity index (χ4v) is 3.08. The molecule has 0 aliphatic heterocycles. The Kier molecular flexibility index (Phi) is 5.46. The van der Waals surface area contributed by atoms with Gasteiger partial charge in [0.25, 0.3) is 0 Å². The van der Waals surface area contributed by atoms with Crippen LogP contribution in [0, 0.1) is 0 Å². The lowest BCUT2D eigenvalue weighted by Crippen LogP contribution is -2.39. The van der Waals surface area contributed by atoms with Crippen LogP contribution in [0.3, 0.4) is 0 Å². The zero-order valence-corrected chi connectivity index (χ0v) is 15.4. The van der Waals surface area contributed by atoms with Gasteiger partial charge in [-0.2, -0.15) is 0 Å². The molecule has 0 aliphatic carbocycles. The van der Waals surface area contributed by atoms with E-state index in [1.807, 2.05) is 74.7 Å². The second kappa shape index (κ2) is 7.76. The molecule has 0 spiro atoms. The highest BCUT2D eigenvalue weighted by Crippen LogP contribution is 2.24. The zero-order chi connectivity index (χ0) is 17.8. The molecule has 1 aromatic heterocycles. The van der Waals surface area contributed by atoms with Gasteiger partial charge in [0.15, 0.2) is 0 Å². The van der Waals surface area contributed by atoms with Gasteiger partial charge >= 0.3 is 0 Å². The Balaban J connectivity index is 1.61. The van der Waals surface area contributed by atoms with Gasteiger partial charge < -0.3 is 9.73 Å². The van der Waals surface area contributed by atoms with Crippen LogP contribution in [0.15, 0.2) is 63.9 Å². The minimum atomic E-state index is -0.344. The molecule has 0 bridgehead atoms. The van der Waals surface area contributed by atoms with E-state index in [9.17, 15) is 4.79 Å². The van der Waals surface area contributed by atoms with E-state index in [0.29, 0.717) is 0 Å². The van der Waals surface area contributed by atoms with Gasteiger partial charge in [0, 0.05) is 16.0 Å². The maximum Gasteiger partial charge on any atom is 0.241 e. The van der Waals surface area contributed by atoms with Crippen LogP contribution in [0.4, 0.5) is 5.69 Å². The van der Waals surface area contributed by atoms with E-state index >= 15 is 0 Å². The Bertz CT molecular complexity index is 825. The van der Waals surface area contributed by atoms with Crippen molar-refractivity contribution in [3.8, 4) is 0 Å². The van der Waals surface area contributed by atoms with Crippen LogP contribution in [0.25, 0.3) is 11.0 Å². The molecule has 2 N–H and O–H groups in total. The Hall–Kier alpha value is -2.24. The van der Waals surface area contributed by atoms with Crippen LogP contribution in [0.1, 0.15) is 25.6 Å². The number of benzene rings is 2. The van der Waals surface area contributed by atoms with Crippen molar-refractivity contribution >= 4 is 34.3 Å². The third-order valence-electron chi connectivity index (χ3n) is 4.12. The highest BCUT2D eigenvalue weighted by Gasteiger charge is 2.18. The highest BCUT2D eigenvalue weighted by atomic mass is 32.2. The molecule has 2 atom stereocenters. The lowest BCUT2D eigenvalue weighted by Gasteiger charge is -2.18. The van der Waals surface area contributed by atoms with E-state index in [1.54, 1.807) is 11.8 Å². The minimum absolute atomic E-state index is 0.0629. The summed E-state index contributed by atoms with van der Waals surface area (Å²) >= 11 is 1.67. The van der Waals surface area contributed by atoms with Gasteiger partial charge in [0.05, 0.1) is 12.1 Å². The van der Waals surface area contributed by atoms with Gasteiger partial charge in [0.2, 0.25) is 5.91 Å². The van der Waals surface area contributed by atoms with Crippen molar-refractivity contribution in [2.75, 3.05) is 11.6 Å². The van der Waals surface area contributed by atoms with Crippen molar-refractivity contribution in [1.82, 2.24) is 5.32 Å². The molecule has 1 amide bonds. The molecule has 25 heavy (non-hydrogen) atoms. The third kappa shape index (κ3) is 4.24. The van der Waals surface area contributed by atoms with Crippen LogP contribution in [0.5, 0.6) is 0 Å². The number of fused-ring (bicyclic) bond motifs is 1. The molecule has 0 saturated heterocycles. The average molecular weight is 354 g/mol. The average Bonchev–Trinajstić information content (AvgIpc) is 3.06. The number of rotatable bonds is 6. The smallest absolute Gasteiger partial charge is 0.241 e. The quantitative estimate of drug-likeness (QED) is 0.622. The van der Waals surface area contributed by atoms with Crippen LogP contribution < -0.4 is 10.6 Å². The first-order valence-corrected chi connectivity index (χ1v) is 9.48. The monoisotopic (exact) mass is 354 g/mol. The van der Waals surface area contributed by atoms with Crippen LogP contribution in [-0.2, 0) is 4.79 Å². The minimum Gasteiger partial charge on any atom is -0.459 e. The SMILES string of the molecule is CSc1ccc(NC(=O)C(C)NC(C)c2cc3ccccc3o2)cc1. The van der Waals surface area contributed by atoms with E-state index in [0.717, 1.165) is 22.4 Å². The van der Waals surface area contributed by atoms with Gasteiger partial charge in [-0.1, -0.05) is 18.2 Å². The van der Waals surface area contributed by atoms with Gasteiger partial charge in [-0.3, -0.25) is 10.1 Å². The summed E-state index contributed by atoms with van der Waals surface area (Å²) in [4.78, 5) is 13.6. The molecule has 2 aromatic carbocycles. The molecule has 1 heterocycles. The molecule has 0 aliphatic rings. The largest absolute Gasteiger partial charge is 0.459 e. The summed E-state index contributed by atoms with van der Waals surface area (Å²) in [6.07, 6.45) is 2.03. The van der Waals surface area contributed by atoms with Crippen LogP contribution in [-0.4, -0.2) is 18.2 Å². The number of hydrogen-bond donors (Lipinski definition) is 2. The molecule has 130 valence electrons. The highest BCUT2D eigenvalue weighted by molar-refractivity contribution is 7.98.